The summed E-state index contributed by atoms with van der Waals surface area (Å²) in [7, 11) is -3.89. The summed E-state index contributed by atoms with van der Waals surface area (Å²) >= 11 is 0. The molecule has 0 rings (SSSR count). The monoisotopic (exact) mass is 179 g/mol. The first-order chi connectivity index (χ1) is 4.95. The number of aliphatic hydroxyl groups excluding tert-OH is 1. The lowest BCUT2D eigenvalue weighted by Crippen LogP contribution is -2.08. The van der Waals surface area contributed by atoms with E-state index in [-0.39, 0.29) is 18.6 Å². The minimum atomic E-state index is -3.89. The largest absolute Gasteiger partial charge is 0.389 e. The topological polar surface area (TPSA) is 74.6 Å². The van der Waals surface area contributed by atoms with E-state index in [1.54, 1.807) is 0 Å². The third kappa shape index (κ3) is 7.51. The van der Waals surface area contributed by atoms with Gasteiger partial charge in [-0.3, -0.25) is 4.55 Å². The summed E-state index contributed by atoms with van der Waals surface area (Å²) in [5.74, 6) is -0.335. The van der Waals surface area contributed by atoms with Crippen molar-refractivity contribution in [2.45, 2.75) is 18.9 Å². The molecule has 0 bridgehead atoms. The molecule has 1 radical (unpaired) electrons. The quantitative estimate of drug-likeness (QED) is 0.583. The SMILES string of the molecule is [CH]=CC(O)CCCS(=O)(=O)O. The number of rotatable bonds is 5. The van der Waals surface area contributed by atoms with E-state index in [0.29, 0.717) is 0 Å². The second-order valence-corrected chi connectivity index (χ2v) is 3.76. The fraction of sp³-hybridized carbons (Fsp3) is 0.667. The Balaban J connectivity index is 3.51. The maximum absolute atomic E-state index is 10.1. The summed E-state index contributed by atoms with van der Waals surface area (Å²) in [5.41, 5.74) is 0. The van der Waals surface area contributed by atoms with Crippen molar-refractivity contribution in [2.24, 2.45) is 0 Å². The van der Waals surface area contributed by atoms with Crippen LogP contribution in [-0.2, 0) is 10.1 Å². The minimum absolute atomic E-state index is 0.202. The van der Waals surface area contributed by atoms with Crippen molar-refractivity contribution in [2.75, 3.05) is 5.75 Å². The van der Waals surface area contributed by atoms with E-state index in [1.807, 2.05) is 0 Å². The van der Waals surface area contributed by atoms with Crippen molar-refractivity contribution in [3.05, 3.63) is 12.7 Å². The first-order valence-electron chi connectivity index (χ1n) is 3.14. The Morgan fingerprint density at radius 3 is 2.45 bits per heavy atom. The van der Waals surface area contributed by atoms with Crippen molar-refractivity contribution < 1.29 is 18.1 Å². The molecule has 0 fully saturated rings. The zero-order valence-corrected chi connectivity index (χ0v) is 6.79. The molecule has 1 unspecified atom stereocenters. The molecule has 0 saturated carbocycles. The molecule has 2 N–H and O–H groups in total. The highest BCUT2D eigenvalue weighted by molar-refractivity contribution is 7.85. The van der Waals surface area contributed by atoms with E-state index in [1.165, 1.54) is 0 Å². The molecule has 0 heterocycles. The molecule has 0 spiro atoms. The fourth-order valence-electron chi connectivity index (χ4n) is 0.571. The summed E-state index contributed by atoms with van der Waals surface area (Å²) in [6, 6.07) is 0. The van der Waals surface area contributed by atoms with Crippen LogP contribution in [0.3, 0.4) is 0 Å². The van der Waals surface area contributed by atoms with Gasteiger partial charge in [0.05, 0.1) is 11.9 Å². The Hall–Kier alpha value is -0.390. The highest BCUT2D eigenvalue weighted by Gasteiger charge is 2.05. The van der Waals surface area contributed by atoms with Gasteiger partial charge in [0, 0.05) is 0 Å². The number of aliphatic hydroxyl groups is 1. The van der Waals surface area contributed by atoms with E-state index in [4.69, 9.17) is 16.2 Å². The van der Waals surface area contributed by atoms with Crippen molar-refractivity contribution >= 4 is 10.1 Å². The van der Waals surface area contributed by atoms with Crippen LogP contribution in [0.2, 0.25) is 0 Å². The van der Waals surface area contributed by atoms with Gasteiger partial charge >= 0.3 is 0 Å². The molecule has 0 aliphatic rings. The van der Waals surface area contributed by atoms with Gasteiger partial charge in [0.2, 0.25) is 0 Å². The van der Waals surface area contributed by atoms with Crippen molar-refractivity contribution in [3.63, 3.8) is 0 Å². The van der Waals surface area contributed by atoms with Gasteiger partial charge < -0.3 is 5.11 Å². The third-order valence-corrected chi connectivity index (χ3v) is 1.93. The van der Waals surface area contributed by atoms with Crippen LogP contribution in [-0.4, -0.2) is 29.9 Å². The predicted octanol–water partition coefficient (Wildman–Crippen LogP) is 0.00449. The summed E-state index contributed by atoms with van der Waals surface area (Å²) in [6.07, 6.45) is 0.727. The maximum Gasteiger partial charge on any atom is 0.264 e. The molecule has 0 aliphatic heterocycles. The van der Waals surface area contributed by atoms with E-state index in [9.17, 15) is 8.42 Å². The van der Waals surface area contributed by atoms with Gasteiger partial charge in [-0.2, -0.15) is 8.42 Å². The first kappa shape index (κ1) is 10.6. The average molecular weight is 179 g/mol. The number of hydrogen-bond donors (Lipinski definition) is 2. The second-order valence-electron chi connectivity index (χ2n) is 2.19. The molecule has 5 heteroatoms. The van der Waals surface area contributed by atoms with Gasteiger partial charge in [0.25, 0.3) is 10.1 Å². The molecule has 65 valence electrons. The van der Waals surface area contributed by atoms with E-state index < -0.39 is 16.2 Å². The molecule has 4 nitrogen and oxygen atoms in total. The first-order valence-corrected chi connectivity index (χ1v) is 4.75. The Bertz CT molecular complexity index is 207. The minimum Gasteiger partial charge on any atom is -0.389 e. The van der Waals surface area contributed by atoms with Crippen LogP contribution in [0, 0.1) is 6.58 Å². The van der Waals surface area contributed by atoms with Gasteiger partial charge in [-0.15, -0.1) is 0 Å². The summed E-state index contributed by atoms with van der Waals surface area (Å²) < 4.78 is 28.5. The summed E-state index contributed by atoms with van der Waals surface area (Å²) in [5, 5.41) is 8.80. The van der Waals surface area contributed by atoms with Gasteiger partial charge in [-0.25, -0.2) is 0 Å². The van der Waals surface area contributed by atoms with E-state index in [2.05, 4.69) is 0 Å². The predicted molar refractivity (Wildman–Crippen MR) is 40.5 cm³/mol. The lowest BCUT2D eigenvalue weighted by atomic mass is 10.2. The molecular formula is C6H11O4S. The Morgan fingerprint density at radius 2 is 2.09 bits per heavy atom. The smallest absolute Gasteiger partial charge is 0.264 e. The van der Waals surface area contributed by atoms with Gasteiger partial charge in [-0.05, 0) is 12.8 Å². The molecule has 0 aliphatic carbocycles. The highest BCUT2D eigenvalue weighted by atomic mass is 32.2. The molecule has 0 amide bonds. The maximum atomic E-state index is 10.1. The van der Waals surface area contributed by atoms with Gasteiger partial charge in [-0.1, -0.05) is 12.7 Å². The van der Waals surface area contributed by atoms with Crippen LogP contribution in [0.15, 0.2) is 6.08 Å². The summed E-state index contributed by atoms with van der Waals surface area (Å²) in [6.45, 7) is 4.93. The van der Waals surface area contributed by atoms with Crippen LogP contribution in [0.5, 0.6) is 0 Å². The standard InChI is InChI=1S/C6H11O4S/c1-2-6(7)4-3-5-11(8,9)10/h1-2,6-7H,3-5H2,(H,8,9,10). The fourth-order valence-corrected chi connectivity index (χ4v) is 1.10. The molecule has 0 aromatic rings. The van der Waals surface area contributed by atoms with E-state index >= 15 is 0 Å². The third-order valence-electron chi connectivity index (χ3n) is 1.12. The van der Waals surface area contributed by atoms with Crippen LogP contribution < -0.4 is 0 Å². The highest BCUT2D eigenvalue weighted by Crippen LogP contribution is 1.99. The lowest BCUT2D eigenvalue weighted by molar-refractivity contribution is 0.211. The Morgan fingerprint density at radius 1 is 1.55 bits per heavy atom. The van der Waals surface area contributed by atoms with Crippen LogP contribution in [0.1, 0.15) is 12.8 Å². The lowest BCUT2D eigenvalue weighted by Gasteiger charge is -2.01. The Kier molecular flexibility index (Phi) is 4.32. The van der Waals surface area contributed by atoms with Crippen molar-refractivity contribution in [3.8, 4) is 0 Å². The second kappa shape index (κ2) is 4.48. The zero-order valence-electron chi connectivity index (χ0n) is 5.97. The van der Waals surface area contributed by atoms with Gasteiger partial charge in [0.1, 0.15) is 0 Å². The normalized spacial score (nSPS) is 14.4. The molecule has 11 heavy (non-hydrogen) atoms. The van der Waals surface area contributed by atoms with Crippen molar-refractivity contribution in [1.29, 1.82) is 0 Å². The summed E-state index contributed by atoms with van der Waals surface area (Å²) in [4.78, 5) is 0. The van der Waals surface area contributed by atoms with Gasteiger partial charge in [0.15, 0.2) is 0 Å². The molecule has 0 aromatic heterocycles. The zero-order chi connectivity index (χ0) is 8.91. The average Bonchev–Trinajstić information content (AvgIpc) is 1.85. The van der Waals surface area contributed by atoms with Crippen LogP contribution in [0.25, 0.3) is 0 Å². The molecule has 1 atom stereocenters. The Labute approximate surface area is 66.3 Å². The molecule has 0 saturated heterocycles. The number of hydrogen-bond acceptors (Lipinski definition) is 3. The van der Waals surface area contributed by atoms with Crippen LogP contribution in [0.4, 0.5) is 0 Å². The van der Waals surface area contributed by atoms with E-state index in [0.717, 1.165) is 6.08 Å². The molecule has 0 aromatic carbocycles. The molecular weight excluding hydrogens is 168 g/mol. The van der Waals surface area contributed by atoms with Crippen LogP contribution >= 0.6 is 0 Å². The van der Waals surface area contributed by atoms with Crippen molar-refractivity contribution in [1.82, 2.24) is 0 Å².